The highest BCUT2D eigenvalue weighted by Gasteiger charge is 2.30. The van der Waals surface area contributed by atoms with E-state index in [4.69, 9.17) is 14.2 Å². The molecule has 2 aromatic carbocycles. The van der Waals surface area contributed by atoms with Crippen molar-refractivity contribution in [3.8, 4) is 11.5 Å². The lowest BCUT2D eigenvalue weighted by Gasteiger charge is -2.31. The van der Waals surface area contributed by atoms with E-state index >= 15 is 8.78 Å². The van der Waals surface area contributed by atoms with Crippen LogP contribution in [0.15, 0.2) is 30.3 Å². The Morgan fingerprint density at radius 1 is 0.692 bits per heavy atom. The van der Waals surface area contributed by atoms with Gasteiger partial charge in [0.05, 0.1) is 19.3 Å². The molecule has 0 saturated heterocycles. The van der Waals surface area contributed by atoms with Crippen LogP contribution >= 0.6 is 0 Å². The van der Waals surface area contributed by atoms with E-state index in [1.165, 1.54) is 6.07 Å². The Morgan fingerprint density at radius 2 is 1.28 bits per heavy atom. The molecule has 6 heteroatoms. The normalized spacial score (nSPS) is 23.5. The van der Waals surface area contributed by atoms with Crippen molar-refractivity contribution < 1.29 is 27.4 Å². The van der Waals surface area contributed by atoms with Gasteiger partial charge in [-0.05, 0) is 105 Å². The van der Waals surface area contributed by atoms with Gasteiger partial charge in [-0.1, -0.05) is 38.8 Å². The first-order valence-electron chi connectivity index (χ1n) is 15.1. The van der Waals surface area contributed by atoms with E-state index in [0.717, 1.165) is 83.7 Å². The number of ether oxygens (including phenoxy) is 3. The van der Waals surface area contributed by atoms with Gasteiger partial charge in [0.25, 0.3) is 0 Å². The molecule has 39 heavy (non-hydrogen) atoms. The van der Waals surface area contributed by atoms with Gasteiger partial charge < -0.3 is 14.2 Å². The van der Waals surface area contributed by atoms with Crippen LogP contribution in [0.1, 0.15) is 114 Å². The van der Waals surface area contributed by atoms with Gasteiger partial charge in [-0.15, -0.1) is 0 Å². The predicted octanol–water partition coefficient (Wildman–Crippen LogP) is 9.48. The van der Waals surface area contributed by atoms with Crippen LogP contribution in [0, 0.1) is 23.4 Å². The molecule has 2 aliphatic carbocycles. The molecule has 4 rings (SSSR count). The van der Waals surface area contributed by atoms with Crippen LogP contribution in [-0.4, -0.2) is 25.9 Å². The summed E-state index contributed by atoms with van der Waals surface area (Å²) in [7, 11) is 0. The molecule has 0 bridgehead atoms. The molecule has 0 amide bonds. The molecule has 0 aliphatic heterocycles. The van der Waals surface area contributed by atoms with Crippen LogP contribution in [0.2, 0.25) is 0 Å². The second kappa shape index (κ2) is 15.0. The van der Waals surface area contributed by atoms with Crippen LogP contribution in [-0.2, 0) is 4.74 Å². The average molecular weight is 547 g/mol. The maximum absolute atomic E-state index is 15.2. The maximum atomic E-state index is 15.2. The van der Waals surface area contributed by atoms with Crippen molar-refractivity contribution in [2.75, 3.05) is 19.8 Å². The number of benzene rings is 2. The lowest BCUT2D eigenvalue weighted by Crippen LogP contribution is -2.22. The summed E-state index contributed by atoms with van der Waals surface area (Å²) in [6, 6.07) is 8.38. The fourth-order valence-electron chi connectivity index (χ4n) is 6.01. The maximum Gasteiger partial charge on any atom is 0.168 e. The van der Waals surface area contributed by atoms with Crippen LogP contribution in [0.5, 0.6) is 11.5 Å². The van der Waals surface area contributed by atoms with Gasteiger partial charge in [0.15, 0.2) is 23.2 Å². The molecule has 216 valence electrons. The van der Waals surface area contributed by atoms with E-state index < -0.39 is 17.5 Å². The molecule has 2 aliphatic rings. The third kappa shape index (κ3) is 8.15. The standard InChI is InChI=1S/C33H45F3O3/c1-3-5-19-37-26-13-11-25(12-14-26)29-17-16-28(32(35)33(29)36)24-9-7-23(8-10-24)22-39-27-15-18-31(30(34)21-27)38-20-6-4-2/h15-18,21,23-26H,3-14,19-20,22H2,1-2H3. The van der Waals surface area contributed by atoms with Gasteiger partial charge in [-0.25, -0.2) is 13.2 Å². The van der Waals surface area contributed by atoms with Crippen molar-refractivity contribution in [2.45, 2.75) is 109 Å². The Kier molecular flexibility index (Phi) is 11.4. The molecular weight excluding hydrogens is 501 g/mol. The first kappa shape index (κ1) is 29.8. The number of rotatable bonds is 13. The van der Waals surface area contributed by atoms with Crippen LogP contribution < -0.4 is 9.47 Å². The van der Waals surface area contributed by atoms with Gasteiger partial charge in [0.2, 0.25) is 0 Å². The minimum atomic E-state index is -0.662. The molecule has 2 fully saturated rings. The summed E-state index contributed by atoms with van der Waals surface area (Å²) in [5, 5.41) is 0. The lowest BCUT2D eigenvalue weighted by atomic mass is 9.77. The van der Waals surface area contributed by atoms with Crippen LogP contribution in [0.3, 0.4) is 0 Å². The van der Waals surface area contributed by atoms with Gasteiger partial charge in [-0.3, -0.25) is 0 Å². The molecule has 0 spiro atoms. The Hall–Kier alpha value is -2.21. The predicted molar refractivity (Wildman–Crippen MR) is 149 cm³/mol. The highest BCUT2D eigenvalue weighted by atomic mass is 19.2. The zero-order chi connectivity index (χ0) is 27.6. The minimum absolute atomic E-state index is 0.0181. The Balaban J connectivity index is 1.25. The summed E-state index contributed by atoms with van der Waals surface area (Å²) < 4.78 is 62.0. The first-order chi connectivity index (χ1) is 19.0. The first-order valence-corrected chi connectivity index (χ1v) is 15.1. The Labute approximate surface area is 232 Å². The Bertz CT molecular complexity index is 1030. The van der Waals surface area contributed by atoms with Crippen LogP contribution in [0.4, 0.5) is 13.2 Å². The lowest BCUT2D eigenvalue weighted by molar-refractivity contribution is 0.0230. The van der Waals surface area contributed by atoms with Crippen molar-refractivity contribution in [1.29, 1.82) is 0 Å². The zero-order valence-corrected chi connectivity index (χ0v) is 23.7. The fraction of sp³-hybridized carbons (Fsp3) is 0.636. The number of unbranched alkanes of at least 4 members (excludes halogenated alkanes) is 2. The molecule has 0 unspecified atom stereocenters. The summed E-state index contributed by atoms with van der Waals surface area (Å²) >= 11 is 0. The highest BCUT2D eigenvalue weighted by molar-refractivity contribution is 5.33. The molecular formula is C33H45F3O3. The fourth-order valence-corrected chi connectivity index (χ4v) is 6.01. The second-order valence-electron chi connectivity index (χ2n) is 11.4. The van der Waals surface area contributed by atoms with Crippen molar-refractivity contribution >= 4 is 0 Å². The van der Waals surface area contributed by atoms with E-state index in [1.54, 1.807) is 12.1 Å². The number of halogens is 3. The van der Waals surface area contributed by atoms with E-state index in [-0.39, 0.29) is 23.7 Å². The van der Waals surface area contributed by atoms with Crippen molar-refractivity contribution in [3.63, 3.8) is 0 Å². The third-order valence-corrected chi connectivity index (χ3v) is 8.54. The molecule has 2 aromatic rings. The largest absolute Gasteiger partial charge is 0.493 e. The SMILES string of the molecule is CCCCOc1ccc(OCC2CCC(c3ccc(C4CCC(OCCCC)CC4)c(F)c3F)CC2)cc1F. The van der Waals surface area contributed by atoms with Crippen molar-refractivity contribution in [2.24, 2.45) is 5.92 Å². The van der Waals surface area contributed by atoms with E-state index in [9.17, 15) is 4.39 Å². The molecule has 0 heterocycles. The zero-order valence-electron chi connectivity index (χ0n) is 23.7. The molecule has 3 nitrogen and oxygen atoms in total. The summed E-state index contributed by atoms with van der Waals surface area (Å²) in [4.78, 5) is 0. The van der Waals surface area contributed by atoms with E-state index in [2.05, 4.69) is 13.8 Å². The topological polar surface area (TPSA) is 27.7 Å². The van der Waals surface area contributed by atoms with E-state index in [1.807, 2.05) is 12.1 Å². The molecule has 0 atom stereocenters. The third-order valence-electron chi connectivity index (χ3n) is 8.54. The van der Waals surface area contributed by atoms with Crippen LogP contribution in [0.25, 0.3) is 0 Å². The van der Waals surface area contributed by atoms with E-state index in [0.29, 0.717) is 36.0 Å². The summed E-state index contributed by atoms with van der Waals surface area (Å²) in [6.45, 7) is 5.99. The quantitative estimate of drug-likeness (QED) is 0.234. The molecule has 0 radical (unpaired) electrons. The van der Waals surface area contributed by atoms with Gasteiger partial charge in [0, 0.05) is 12.7 Å². The van der Waals surface area contributed by atoms with Gasteiger partial charge in [-0.2, -0.15) is 0 Å². The van der Waals surface area contributed by atoms with Crippen molar-refractivity contribution in [1.82, 2.24) is 0 Å². The average Bonchev–Trinajstić information content (AvgIpc) is 2.95. The minimum Gasteiger partial charge on any atom is -0.493 e. The summed E-state index contributed by atoms with van der Waals surface area (Å²) in [5.41, 5.74) is 1.03. The second-order valence-corrected chi connectivity index (χ2v) is 11.4. The van der Waals surface area contributed by atoms with Gasteiger partial charge >= 0.3 is 0 Å². The van der Waals surface area contributed by atoms with Crippen molar-refractivity contribution in [3.05, 3.63) is 58.9 Å². The monoisotopic (exact) mass is 546 g/mol. The number of hydrogen-bond donors (Lipinski definition) is 0. The van der Waals surface area contributed by atoms with Gasteiger partial charge in [0.1, 0.15) is 5.75 Å². The molecule has 0 aromatic heterocycles. The smallest absolute Gasteiger partial charge is 0.168 e. The highest BCUT2D eigenvalue weighted by Crippen LogP contribution is 2.41. The Morgan fingerprint density at radius 3 is 1.87 bits per heavy atom. The molecule has 0 N–H and O–H groups in total. The summed E-state index contributed by atoms with van der Waals surface area (Å²) in [6.07, 6.45) is 11.2. The summed E-state index contributed by atoms with van der Waals surface area (Å²) in [5.74, 6) is -0.599. The molecule has 2 saturated carbocycles. The number of hydrogen-bond acceptors (Lipinski definition) is 3.